The van der Waals surface area contributed by atoms with Gasteiger partial charge in [-0.15, -0.1) is 10.2 Å². The number of carbonyl (C=O) groups excluding carboxylic acids is 2. The highest BCUT2D eigenvalue weighted by molar-refractivity contribution is 7.18. The minimum Gasteiger partial charge on any atom is -0.340 e. The Morgan fingerprint density at radius 2 is 1.91 bits per heavy atom. The van der Waals surface area contributed by atoms with Crippen molar-refractivity contribution in [3.63, 3.8) is 0 Å². The van der Waals surface area contributed by atoms with Crippen molar-refractivity contribution >= 4 is 34.0 Å². The lowest BCUT2D eigenvalue weighted by atomic mass is 9.98. The van der Waals surface area contributed by atoms with Gasteiger partial charge in [0.25, 0.3) is 11.6 Å². The third kappa shape index (κ3) is 5.52. The van der Waals surface area contributed by atoms with E-state index in [1.54, 1.807) is 0 Å². The molecule has 1 aromatic heterocycles. The van der Waals surface area contributed by atoms with Gasteiger partial charge in [-0.3, -0.25) is 25.0 Å². The summed E-state index contributed by atoms with van der Waals surface area (Å²) in [6.45, 7) is 5.73. The number of carbonyl (C=O) groups is 2. The van der Waals surface area contributed by atoms with Crippen LogP contribution < -0.4 is 10.6 Å². The van der Waals surface area contributed by atoms with Crippen LogP contribution in [0.4, 0.5) is 10.8 Å². The van der Waals surface area contributed by atoms with Crippen LogP contribution in [0.15, 0.2) is 48.5 Å². The van der Waals surface area contributed by atoms with Crippen molar-refractivity contribution in [2.45, 2.75) is 33.2 Å². The summed E-state index contributed by atoms with van der Waals surface area (Å²) in [4.78, 5) is 36.1. The van der Waals surface area contributed by atoms with Crippen molar-refractivity contribution < 1.29 is 14.5 Å². The molecule has 3 rings (SSSR count). The van der Waals surface area contributed by atoms with Gasteiger partial charge >= 0.3 is 0 Å². The quantitative estimate of drug-likeness (QED) is 0.389. The number of benzene rings is 2. The summed E-state index contributed by atoms with van der Waals surface area (Å²) >= 11 is 1.24. The Morgan fingerprint density at radius 3 is 2.59 bits per heavy atom. The monoisotopic (exact) mass is 453 g/mol. The number of aromatic nitrogens is 2. The van der Waals surface area contributed by atoms with Gasteiger partial charge in [0.05, 0.1) is 4.92 Å². The number of hydrogen-bond donors (Lipinski definition) is 2. The van der Waals surface area contributed by atoms with E-state index >= 15 is 0 Å². The van der Waals surface area contributed by atoms with Crippen molar-refractivity contribution in [3.05, 3.63) is 69.8 Å². The van der Waals surface area contributed by atoms with Gasteiger partial charge in [0, 0.05) is 23.3 Å². The first-order chi connectivity index (χ1) is 15.3. The lowest BCUT2D eigenvalue weighted by molar-refractivity contribution is -0.384. The first-order valence-corrected chi connectivity index (χ1v) is 10.9. The number of aryl methyl sites for hydroxylation is 1. The molecule has 3 aromatic rings. The summed E-state index contributed by atoms with van der Waals surface area (Å²) in [6.07, 6.45) is 0.637. The van der Waals surface area contributed by atoms with Crippen LogP contribution in [0.25, 0.3) is 10.6 Å². The summed E-state index contributed by atoms with van der Waals surface area (Å²) in [6, 6.07) is 12.3. The number of anilines is 1. The van der Waals surface area contributed by atoms with E-state index in [1.165, 1.54) is 35.6 Å². The molecule has 2 unspecified atom stereocenters. The standard InChI is InChI=1S/C22H23N5O4S/c1-4-14(3)18(23-19(28)15-8-6-10-17(12-15)27(30)31)20(29)24-22-26-25-21(32-22)16-9-5-7-13(2)11-16/h5-12,14,18H,4H2,1-3H3,(H,23,28)(H,24,26,29). The molecule has 1 heterocycles. The zero-order chi connectivity index (χ0) is 23.3. The average Bonchev–Trinajstić information content (AvgIpc) is 3.25. The minimum atomic E-state index is -0.849. The number of amides is 2. The fourth-order valence-electron chi connectivity index (χ4n) is 3.04. The van der Waals surface area contributed by atoms with E-state index in [1.807, 2.05) is 45.0 Å². The molecule has 0 aliphatic heterocycles. The molecule has 9 nitrogen and oxygen atoms in total. The SMILES string of the molecule is CCC(C)C(NC(=O)c1cccc([N+](=O)[O-])c1)C(=O)Nc1nnc(-c2cccc(C)c2)s1. The van der Waals surface area contributed by atoms with E-state index in [4.69, 9.17) is 0 Å². The first kappa shape index (κ1) is 23.0. The Kier molecular flexibility index (Phi) is 7.26. The summed E-state index contributed by atoms with van der Waals surface area (Å²) < 4.78 is 0. The third-order valence-corrected chi connectivity index (χ3v) is 5.91. The van der Waals surface area contributed by atoms with Crippen molar-refractivity contribution in [3.8, 4) is 10.6 Å². The van der Waals surface area contributed by atoms with Crippen LogP contribution in [-0.4, -0.2) is 33.0 Å². The molecule has 0 bridgehead atoms. The minimum absolute atomic E-state index is 0.109. The van der Waals surface area contributed by atoms with Crippen LogP contribution in [0.2, 0.25) is 0 Å². The van der Waals surface area contributed by atoms with E-state index < -0.39 is 22.8 Å². The molecule has 0 fully saturated rings. The lowest BCUT2D eigenvalue weighted by Gasteiger charge is -2.23. The predicted molar refractivity (Wildman–Crippen MR) is 123 cm³/mol. The molecule has 0 aliphatic carbocycles. The highest BCUT2D eigenvalue weighted by Crippen LogP contribution is 2.27. The topological polar surface area (TPSA) is 127 Å². The van der Waals surface area contributed by atoms with Gasteiger partial charge in [-0.05, 0) is 25.0 Å². The zero-order valence-electron chi connectivity index (χ0n) is 17.9. The number of nitro benzene ring substituents is 1. The maximum absolute atomic E-state index is 13.0. The number of rotatable bonds is 8. The Labute approximate surface area is 189 Å². The number of hydrogen-bond acceptors (Lipinski definition) is 7. The second kappa shape index (κ2) is 10.1. The van der Waals surface area contributed by atoms with Crippen molar-refractivity contribution in [2.24, 2.45) is 5.92 Å². The summed E-state index contributed by atoms with van der Waals surface area (Å²) in [5.41, 5.74) is 1.90. The molecule has 0 spiro atoms. The highest BCUT2D eigenvalue weighted by Gasteiger charge is 2.27. The molecule has 32 heavy (non-hydrogen) atoms. The fraction of sp³-hybridized carbons (Fsp3) is 0.273. The number of nitrogens with zero attached hydrogens (tertiary/aromatic N) is 3. The van der Waals surface area contributed by atoms with Gasteiger partial charge in [-0.2, -0.15) is 0 Å². The van der Waals surface area contributed by atoms with Crippen LogP contribution in [0.5, 0.6) is 0 Å². The molecular formula is C22H23N5O4S. The molecule has 0 saturated heterocycles. The van der Waals surface area contributed by atoms with Gasteiger partial charge in [0.2, 0.25) is 11.0 Å². The molecule has 0 saturated carbocycles. The van der Waals surface area contributed by atoms with Gasteiger partial charge in [-0.1, -0.05) is 61.4 Å². The van der Waals surface area contributed by atoms with E-state index in [-0.39, 0.29) is 17.2 Å². The zero-order valence-corrected chi connectivity index (χ0v) is 18.7. The van der Waals surface area contributed by atoms with Crippen molar-refractivity contribution in [1.82, 2.24) is 15.5 Å². The van der Waals surface area contributed by atoms with Crippen molar-refractivity contribution in [2.75, 3.05) is 5.32 Å². The summed E-state index contributed by atoms with van der Waals surface area (Å²) in [5.74, 6) is -1.17. The van der Waals surface area contributed by atoms with Gasteiger partial charge in [0.15, 0.2) is 0 Å². The Morgan fingerprint density at radius 1 is 1.16 bits per heavy atom. The van der Waals surface area contributed by atoms with Crippen LogP contribution in [-0.2, 0) is 4.79 Å². The lowest BCUT2D eigenvalue weighted by Crippen LogP contribution is -2.47. The van der Waals surface area contributed by atoms with Crippen LogP contribution in [0, 0.1) is 23.0 Å². The molecule has 2 amide bonds. The highest BCUT2D eigenvalue weighted by atomic mass is 32.1. The van der Waals surface area contributed by atoms with Crippen LogP contribution in [0.3, 0.4) is 0 Å². The smallest absolute Gasteiger partial charge is 0.270 e. The maximum atomic E-state index is 13.0. The summed E-state index contributed by atoms with van der Waals surface area (Å²) in [5, 5.41) is 25.6. The largest absolute Gasteiger partial charge is 0.340 e. The second-order valence-corrected chi connectivity index (χ2v) is 8.39. The maximum Gasteiger partial charge on any atom is 0.270 e. The molecule has 2 aromatic carbocycles. The molecular weight excluding hydrogens is 430 g/mol. The Bertz CT molecular complexity index is 1150. The number of nitrogens with one attached hydrogen (secondary N) is 2. The molecule has 2 N–H and O–H groups in total. The molecule has 0 aliphatic rings. The summed E-state index contributed by atoms with van der Waals surface area (Å²) in [7, 11) is 0. The van der Waals surface area contributed by atoms with Gasteiger partial charge in [0.1, 0.15) is 11.0 Å². The second-order valence-electron chi connectivity index (χ2n) is 7.42. The molecule has 10 heteroatoms. The van der Waals surface area contributed by atoms with E-state index in [0.717, 1.165) is 11.1 Å². The Hall–Kier alpha value is -3.66. The van der Waals surface area contributed by atoms with E-state index in [9.17, 15) is 19.7 Å². The van der Waals surface area contributed by atoms with Gasteiger partial charge in [-0.25, -0.2) is 0 Å². The van der Waals surface area contributed by atoms with Crippen molar-refractivity contribution in [1.29, 1.82) is 0 Å². The average molecular weight is 454 g/mol. The fourth-order valence-corrected chi connectivity index (χ4v) is 3.78. The number of nitro groups is 1. The van der Waals surface area contributed by atoms with E-state index in [0.29, 0.717) is 16.6 Å². The van der Waals surface area contributed by atoms with Crippen LogP contribution in [0.1, 0.15) is 36.2 Å². The normalized spacial score (nSPS) is 12.6. The van der Waals surface area contributed by atoms with Gasteiger partial charge < -0.3 is 5.32 Å². The third-order valence-electron chi connectivity index (χ3n) is 5.02. The molecule has 2 atom stereocenters. The molecule has 0 radical (unpaired) electrons. The van der Waals surface area contributed by atoms with Crippen LogP contribution >= 0.6 is 11.3 Å². The molecule has 166 valence electrons. The number of non-ortho nitro benzene ring substituents is 1. The van der Waals surface area contributed by atoms with E-state index in [2.05, 4.69) is 20.8 Å². The predicted octanol–water partition coefficient (Wildman–Crippen LogP) is 4.20. The first-order valence-electron chi connectivity index (χ1n) is 10.0. The Balaban J connectivity index is 1.75.